The molecule has 4 heterocycles. The molecule has 3 aliphatic rings. The van der Waals surface area contributed by atoms with E-state index in [0.29, 0.717) is 13.2 Å². The lowest BCUT2D eigenvalue weighted by molar-refractivity contribution is -0.169. The van der Waals surface area contributed by atoms with Crippen LogP contribution >= 0.6 is 0 Å². The molecule has 3 aliphatic heterocycles. The van der Waals surface area contributed by atoms with Crippen molar-refractivity contribution in [2.45, 2.75) is 38.4 Å². The normalized spacial score (nSPS) is 22.4. The van der Waals surface area contributed by atoms with Gasteiger partial charge in [-0.25, -0.2) is 4.98 Å². The third kappa shape index (κ3) is 3.96. The zero-order valence-electron chi connectivity index (χ0n) is 17.2. The van der Waals surface area contributed by atoms with E-state index in [2.05, 4.69) is 47.1 Å². The summed E-state index contributed by atoms with van der Waals surface area (Å²) in [6, 6.07) is 12.6. The van der Waals surface area contributed by atoms with Crippen LogP contribution in [-0.4, -0.2) is 55.1 Å². The van der Waals surface area contributed by atoms with Crippen molar-refractivity contribution in [3.05, 3.63) is 36.4 Å². The number of hydrogen-bond acceptors (Lipinski definition) is 6. The number of ether oxygens (including phenoxy) is 2. The highest BCUT2D eigenvalue weighted by Crippen LogP contribution is 2.34. The summed E-state index contributed by atoms with van der Waals surface area (Å²) in [5.74, 6) is 2.30. The lowest BCUT2D eigenvalue weighted by atomic mass is 9.99. The van der Waals surface area contributed by atoms with E-state index >= 15 is 0 Å². The van der Waals surface area contributed by atoms with E-state index in [9.17, 15) is 0 Å². The largest absolute Gasteiger partial charge is 0.356 e. The third-order valence-corrected chi connectivity index (χ3v) is 6.50. The van der Waals surface area contributed by atoms with Crippen LogP contribution in [0.4, 0.5) is 11.8 Å². The van der Waals surface area contributed by atoms with E-state index in [0.717, 1.165) is 68.0 Å². The topological polar surface area (TPSA) is 50.7 Å². The van der Waals surface area contributed by atoms with Crippen LogP contribution in [-0.2, 0) is 9.47 Å². The van der Waals surface area contributed by atoms with Gasteiger partial charge in [0.25, 0.3) is 0 Å². The zero-order valence-corrected chi connectivity index (χ0v) is 17.2. The molecule has 0 amide bonds. The van der Waals surface area contributed by atoms with E-state index in [-0.39, 0.29) is 5.79 Å². The van der Waals surface area contributed by atoms with Crippen LogP contribution in [0.5, 0.6) is 0 Å². The molecule has 154 valence electrons. The molecule has 0 bridgehead atoms. The molecule has 6 heteroatoms. The second-order valence-corrected chi connectivity index (χ2v) is 8.54. The average molecular weight is 395 g/mol. The van der Waals surface area contributed by atoms with Gasteiger partial charge in [-0.15, -0.1) is 0 Å². The van der Waals surface area contributed by atoms with Gasteiger partial charge in [0.1, 0.15) is 5.82 Å². The number of benzene rings is 1. The fourth-order valence-corrected chi connectivity index (χ4v) is 4.55. The lowest BCUT2D eigenvalue weighted by Gasteiger charge is -2.38. The second-order valence-electron chi connectivity index (χ2n) is 8.54. The van der Waals surface area contributed by atoms with Gasteiger partial charge in [0.15, 0.2) is 5.79 Å². The molecule has 0 aliphatic carbocycles. The SMILES string of the molecule is CC1CCN(c2nc(-c3ccccc3)cc(N3CCC4(CC3)OCCO4)n2)CC1. The van der Waals surface area contributed by atoms with Crippen molar-refractivity contribution in [2.75, 3.05) is 49.2 Å². The molecule has 1 spiro atoms. The van der Waals surface area contributed by atoms with E-state index in [1.54, 1.807) is 0 Å². The Balaban J connectivity index is 1.43. The lowest BCUT2D eigenvalue weighted by Crippen LogP contribution is -2.45. The molecule has 0 unspecified atom stereocenters. The summed E-state index contributed by atoms with van der Waals surface area (Å²) in [4.78, 5) is 14.7. The highest BCUT2D eigenvalue weighted by Gasteiger charge is 2.40. The van der Waals surface area contributed by atoms with Crippen molar-refractivity contribution in [1.29, 1.82) is 0 Å². The molecule has 0 saturated carbocycles. The van der Waals surface area contributed by atoms with Crippen LogP contribution in [0.3, 0.4) is 0 Å². The molecule has 2 aromatic rings. The predicted octanol–water partition coefficient (Wildman–Crippen LogP) is 3.72. The van der Waals surface area contributed by atoms with Crippen molar-refractivity contribution < 1.29 is 9.47 Å². The minimum Gasteiger partial charge on any atom is -0.356 e. The van der Waals surface area contributed by atoms with Crippen LogP contribution in [0.2, 0.25) is 0 Å². The molecule has 3 saturated heterocycles. The quantitative estimate of drug-likeness (QED) is 0.791. The Hall–Kier alpha value is -2.18. The van der Waals surface area contributed by atoms with E-state index in [4.69, 9.17) is 19.4 Å². The fourth-order valence-electron chi connectivity index (χ4n) is 4.55. The summed E-state index contributed by atoms with van der Waals surface area (Å²) in [5.41, 5.74) is 2.14. The minimum absolute atomic E-state index is 0.363. The summed E-state index contributed by atoms with van der Waals surface area (Å²) in [6.45, 7) is 7.60. The summed E-state index contributed by atoms with van der Waals surface area (Å²) < 4.78 is 11.8. The molecule has 3 fully saturated rings. The highest BCUT2D eigenvalue weighted by molar-refractivity contribution is 5.65. The summed E-state index contributed by atoms with van der Waals surface area (Å²) in [6.07, 6.45) is 4.17. The standard InChI is InChI=1S/C23H30N4O2/c1-18-7-11-27(12-8-18)22-24-20(19-5-3-2-4-6-19)17-21(25-22)26-13-9-23(10-14-26)28-15-16-29-23/h2-6,17-18H,7-16H2,1H3. The van der Waals surface area contributed by atoms with Crippen molar-refractivity contribution in [1.82, 2.24) is 9.97 Å². The maximum absolute atomic E-state index is 5.90. The Morgan fingerprint density at radius 3 is 2.28 bits per heavy atom. The number of nitrogens with zero attached hydrogens (tertiary/aromatic N) is 4. The average Bonchev–Trinajstić information content (AvgIpc) is 3.23. The Morgan fingerprint density at radius 1 is 0.897 bits per heavy atom. The molecule has 29 heavy (non-hydrogen) atoms. The fraction of sp³-hybridized carbons (Fsp3) is 0.565. The van der Waals surface area contributed by atoms with E-state index in [1.165, 1.54) is 12.8 Å². The van der Waals surface area contributed by atoms with Gasteiger partial charge in [-0.3, -0.25) is 0 Å². The van der Waals surface area contributed by atoms with Gasteiger partial charge in [-0.2, -0.15) is 4.98 Å². The molecule has 0 N–H and O–H groups in total. The summed E-state index contributed by atoms with van der Waals surface area (Å²) in [7, 11) is 0. The Bertz CT molecular complexity index is 820. The van der Waals surface area contributed by atoms with Gasteiger partial charge in [-0.05, 0) is 18.8 Å². The van der Waals surface area contributed by atoms with Crippen molar-refractivity contribution >= 4 is 11.8 Å². The first-order valence-electron chi connectivity index (χ1n) is 10.9. The predicted molar refractivity (Wildman–Crippen MR) is 114 cm³/mol. The summed E-state index contributed by atoms with van der Waals surface area (Å²) in [5, 5.41) is 0. The highest BCUT2D eigenvalue weighted by atomic mass is 16.7. The van der Waals surface area contributed by atoms with Crippen LogP contribution in [0.1, 0.15) is 32.6 Å². The van der Waals surface area contributed by atoms with Crippen LogP contribution in [0.25, 0.3) is 11.3 Å². The number of piperidine rings is 2. The zero-order chi connectivity index (χ0) is 19.7. The number of anilines is 2. The van der Waals surface area contributed by atoms with Crippen molar-refractivity contribution in [3.63, 3.8) is 0 Å². The number of aromatic nitrogens is 2. The van der Waals surface area contributed by atoms with Crippen LogP contribution < -0.4 is 9.80 Å². The van der Waals surface area contributed by atoms with Gasteiger partial charge >= 0.3 is 0 Å². The molecule has 1 aromatic carbocycles. The first-order chi connectivity index (χ1) is 14.2. The maximum Gasteiger partial charge on any atom is 0.227 e. The van der Waals surface area contributed by atoms with Crippen LogP contribution in [0, 0.1) is 5.92 Å². The molecule has 5 rings (SSSR count). The Kier molecular flexibility index (Phi) is 5.14. The summed E-state index contributed by atoms with van der Waals surface area (Å²) >= 11 is 0. The van der Waals surface area contributed by atoms with Crippen LogP contribution in [0.15, 0.2) is 36.4 Å². The minimum atomic E-state index is -0.363. The molecular formula is C23H30N4O2. The van der Waals surface area contributed by atoms with Gasteiger partial charge in [-0.1, -0.05) is 37.3 Å². The maximum atomic E-state index is 5.90. The smallest absolute Gasteiger partial charge is 0.227 e. The molecule has 1 aromatic heterocycles. The monoisotopic (exact) mass is 394 g/mol. The first-order valence-corrected chi connectivity index (χ1v) is 10.9. The molecular weight excluding hydrogens is 364 g/mol. The van der Waals surface area contributed by atoms with Crippen molar-refractivity contribution in [3.8, 4) is 11.3 Å². The van der Waals surface area contributed by atoms with E-state index in [1.807, 2.05) is 6.07 Å². The number of hydrogen-bond donors (Lipinski definition) is 0. The van der Waals surface area contributed by atoms with Crippen molar-refractivity contribution in [2.24, 2.45) is 5.92 Å². The van der Waals surface area contributed by atoms with Gasteiger partial charge in [0, 0.05) is 50.7 Å². The molecule has 0 atom stereocenters. The first kappa shape index (κ1) is 18.8. The Labute approximate surface area is 172 Å². The second kappa shape index (κ2) is 7.92. The van der Waals surface area contributed by atoms with Gasteiger partial charge < -0.3 is 19.3 Å². The molecule has 6 nitrogen and oxygen atoms in total. The number of rotatable bonds is 3. The molecule has 0 radical (unpaired) electrons. The van der Waals surface area contributed by atoms with Gasteiger partial charge in [0.2, 0.25) is 5.95 Å². The van der Waals surface area contributed by atoms with Gasteiger partial charge in [0.05, 0.1) is 18.9 Å². The Morgan fingerprint density at radius 2 is 1.59 bits per heavy atom. The third-order valence-electron chi connectivity index (χ3n) is 6.50. The van der Waals surface area contributed by atoms with E-state index < -0.39 is 0 Å².